The lowest BCUT2D eigenvalue weighted by atomic mass is 9.93. The summed E-state index contributed by atoms with van der Waals surface area (Å²) in [5, 5.41) is 3.07. The molecule has 28 heavy (non-hydrogen) atoms. The number of rotatable bonds is 15. The summed E-state index contributed by atoms with van der Waals surface area (Å²) in [6.45, 7) is 2.16. The summed E-state index contributed by atoms with van der Waals surface area (Å²) in [6.07, 6.45) is 37.5. The second-order valence-corrected chi connectivity index (χ2v) is 7.15. The predicted molar refractivity (Wildman–Crippen MR) is 123 cm³/mol. The Morgan fingerprint density at radius 2 is 1.14 bits per heavy atom. The average Bonchev–Trinajstić information content (AvgIpc) is 2.66. The number of amides is 1. The second-order valence-electron chi connectivity index (χ2n) is 7.15. The van der Waals surface area contributed by atoms with Crippen LogP contribution in [0.3, 0.4) is 0 Å². The number of hydrogen-bond acceptors (Lipinski definition) is 1. The first kappa shape index (κ1) is 23.9. The van der Waals surface area contributed by atoms with Gasteiger partial charge in [-0.3, -0.25) is 4.79 Å². The summed E-state index contributed by atoms with van der Waals surface area (Å²) in [6, 6.07) is 0.456. The molecule has 0 saturated heterocycles. The molecule has 0 radical (unpaired) electrons. The van der Waals surface area contributed by atoms with E-state index in [1.807, 2.05) is 0 Å². The molecule has 154 valence electrons. The summed E-state index contributed by atoms with van der Waals surface area (Å²) < 4.78 is 0. The molecule has 0 bridgehead atoms. The third-order valence-electron chi connectivity index (χ3n) is 4.60. The van der Waals surface area contributed by atoms with Crippen LogP contribution >= 0.6 is 0 Å². The van der Waals surface area contributed by atoms with Crippen LogP contribution in [0, 0.1) is 0 Å². The van der Waals surface area contributed by atoms with E-state index in [1.165, 1.54) is 6.42 Å². The van der Waals surface area contributed by atoms with E-state index in [0.717, 1.165) is 57.8 Å². The molecule has 0 atom stereocenters. The van der Waals surface area contributed by atoms with Crippen molar-refractivity contribution in [2.24, 2.45) is 0 Å². The number of nitrogens with one attached hydrogen (secondary N) is 1. The summed E-state index contributed by atoms with van der Waals surface area (Å²) in [5.41, 5.74) is 0. The fourth-order valence-corrected chi connectivity index (χ4v) is 2.71. The fraction of sp³-hybridized carbons (Fsp3) is 0.500. The van der Waals surface area contributed by atoms with Crippen LogP contribution < -0.4 is 5.32 Å². The van der Waals surface area contributed by atoms with Crippen molar-refractivity contribution < 1.29 is 4.79 Å². The van der Waals surface area contributed by atoms with Gasteiger partial charge in [-0.1, -0.05) is 79.8 Å². The molecule has 1 fully saturated rings. The lowest BCUT2D eigenvalue weighted by Crippen LogP contribution is -2.39. The highest BCUT2D eigenvalue weighted by molar-refractivity contribution is 5.76. The largest absolute Gasteiger partial charge is 0.353 e. The summed E-state index contributed by atoms with van der Waals surface area (Å²) >= 11 is 0. The molecule has 1 aliphatic carbocycles. The highest BCUT2D eigenvalue weighted by Gasteiger charge is 2.18. The zero-order chi connectivity index (χ0) is 20.1. The van der Waals surface area contributed by atoms with Gasteiger partial charge in [0.1, 0.15) is 0 Å². The smallest absolute Gasteiger partial charge is 0.220 e. The van der Waals surface area contributed by atoms with Crippen LogP contribution in [-0.4, -0.2) is 11.9 Å². The fourth-order valence-electron chi connectivity index (χ4n) is 2.71. The van der Waals surface area contributed by atoms with Crippen molar-refractivity contribution in [1.82, 2.24) is 5.32 Å². The quantitative estimate of drug-likeness (QED) is 0.300. The Morgan fingerprint density at radius 3 is 1.54 bits per heavy atom. The van der Waals surface area contributed by atoms with Gasteiger partial charge in [-0.25, -0.2) is 0 Å². The lowest BCUT2D eigenvalue weighted by Gasteiger charge is -2.26. The normalized spacial score (nSPS) is 15.9. The van der Waals surface area contributed by atoms with Crippen molar-refractivity contribution in [2.45, 2.75) is 83.6 Å². The minimum Gasteiger partial charge on any atom is -0.353 e. The molecular formula is C26H39NO. The first-order valence-corrected chi connectivity index (χ1v) is 11.0. The maximum absolute atomic E-state index is 11.7. The highest BCUT2D eigenvalue weighted by atomic mass is 16.1. The van der Waals surface area contributed by atoms with Crippen LogP contribution in [0.2, 0.25) is 0 Å². The van der Waals surface area contributed by atoms with Crippen LogP contribution in [0.1, 0.15) is 77.6 Å². The molecule has 2 heteroatoms. The first-order chi connectivity index (χ1) is 13.8. The van der Waals surface area contributed by atoms with E-state index < -0.39 is 0 Å². The second kappa shape index (κ2) is 18.3. The molecule has 0 aromatic carbocycles. The molecule has 1 rings (SSSR count). The molecule has 1 aliphatic rings. The maximum atomic E-state index is 11.7. The number of carbonyl (C=O) groups excluding carboxylic acids is 1. The van der Waals surface area contributed by atoms with Crippen molar-refractivity contribution in [3.63, 3.8) is 0 Å². The van der Waals surface area contributed by atoms with Gasteiger partial charge in [-0.15, -0.1) is 0 Å². The van der Waals surface area contributed by atoms with Gasteiger partial charge < -0.3 is 5.32 Å². The van der Waals surface area contributed by atoms with E-state index in [0.29, 0.717) is 12.5 Å². The van der Waals surface area contributed by atoms with Gasteiger partial charge in [0.05, 0.1) is 0 Å². The van der Waals surface area contributed by atoms with E-state index >= 15 is 0 Å². The van der Waals surface area contributed by atoms with Crippen LogP contribution in [0.5, 0.6) is 0 Å². The molecule has 2 nitrogen and oxygen atoms in total. The highest BCUT2D eigenvalue weighted by Crippen LogP contribution is 2.18. The van der Waals surface area contributed by atoms with E-state index in [-0.39, 0.29) is 5.91 Å². The topological polar surface area (TPSA) is 29.1 Å². The van der Waals surface area contributed by atoms with Gasteiger partial charge in [0.25, 0.3) is 0 Å². The Kier molecular flexibility index (Phi) is 15.6. The van der Waals surface area contributed by atoms with Gasteiger partial charge in [0.15, 0.2) is 0 Å². The predicted octanol–water partition coefficient (Wildman–Crippen LogP) is 7.13. The van der Waals surface area contributed by atoms with E-state index in [9.17, 15) is 4.79 Å². The van der Waals surface area contributed by atoms with Gasteiger partial charge in [-0.2, -0.15) is 0 Å². The molecule has 0 unspecified atom stereocenters. The molecule has 0 aromatic heterocycles. The van der Waals surface area contributed by atoms with E-state index in [1.54, 1.807) is 0 Å². The SMILES string of the molecule is CCC=CCC=CCC=CCC=CCC=CCC=CCCC(=O)NC1CCC1. The van der Waals surface area contributed by atoms with Gasteiger partial charge in [0, 0.05) is 12.5 Å². The zero-order valence-electron chi connectivity index (χ0n) is 17.7. The average molecular weight is 382 g/mol. The summed E-state index contributed by atoms with van der Waals surface area (Å²) in [7, 11) is 0. The molecule has 0 heterocycles. The van der Waals surface area contributed by atoms with Crippen molar-refractivity contribution >= 4 is 5.91 Å². The van der Waals surface area contributed by atoms with Crippen LogP contribution in [-0.2, 0) is 4.79 Å². The third kappa shape index (κ3) is 15.0. The molecule has 1 amide bonds. The number of carbonyl (C=O) groups is 1. The van der Waals surface area contributed by atoms with Gasteiger partial charge in [-0.05, 0) is 64.2 Å². The molecule has 1 saturated carbocycles. The van der Waals surface area contributed by atoms with Gasteiger partial charge >= 0.3 is 0 Å². The molecule has 0 spiro atoms. The van der Waals surface area contributed by atoms with Crippen molar-refractivity contribution in [3.8, 4) is 0 Å². The Bertz CT molecular complexity index is 559. The lowest BCUT2D eigenvalue weighted by molar-refractivity contribution is -0.122. The van der Waals surface area contributed by atoms with E-state index in [2.05, 4.69) is 85.2 Å². The van der Waals surface area contributed by atoms with Crippen molar-refractivity contribution in [2.75, 3.05) is 0 Å². The summed E-state index contributed by atoms with van der Waals surface area (Å²) in [5.74, 6) is 0.198. The number of hydrogen-bond donors (Lipinski definition) is 1. The number of allylic oxidation sites excluding steroid dienone is 12. The Balaban J connectivity index is 1.91. The molecule has 1 N–H and O–H groups in total. The van der Waals surface area contributed by atoms with E-state index in [4.69, 9.17) is 0 Å². The van der Waals surface area contributed by atoms with Crippen molar-refractivity contribution in [3.05, 3.63) is 72.9 Å². The molecule has 0 aromatic rings. The minimum atomic E-state index is 0.198. The Hall–Kier alpha value is -2.09. The molecule has 0 aliphatic heterocycles. The summed E-state index contributed by atoms with van der Waals surface area (Å²) in [4.78, 5) is 11.7. The molecular weight excluding hydrogens is 342 g/mol. The zero-order valence-corrected chi connectivity index (χ0v) is 17.7. The van der Waals surface area contributed by atoms with Gasteiger partial charge in [0.2, 0.25) is 5.91 Å². The maximum Gasteiger partial charge on any atom is 0.220 e. The standard InChI is InChI=1S/C26H39NO/c1-2-3-4-5-6-7-8-9-10-11-12-13-14-15-16-17-18-19-20-24-26(28)27-25-22-21-23-25/h3-4,6-7,9-10,12-13,15-16,18-19,25H,2,5,8,11,14,17,20-24H2,1H3,(H,27,28). The Labute approximate surface area is 172 Å². The van der Waals surface area contributed by atoms with Crippen LogP contribution in [0.25, 0.3) is 0 Å². The first-order valence-electron chi connectivity index (χ1n) is 11.0. The monoisotopic (exact) mass is 381 g/mol. The van der Waals surface area contributed by atoms with Crippen molar-refractivity contribution in [1.29, 1.82) is 0 Å². The van der Waals surface area contributed by atoms with Crippen LogP contribution in [0.4, 0.5) is 0 Å². The Morgan fingerprint density at radius 1 is 0.714 bits per heavy atom. The minimum absolute atomic E-state index is 0.198. The van der Waals surface area contributed by atoms with Crippen LogP contribution in [0.15, 0.2) is 72.9 Å². The third-order valence-corrected chi connectivity index (χ3v) is 4.60.